The molecule has 1 amide bonds. The Labute approximate surface area is 160 Å². The van der Waals surface area contributed by atoms with E-state index in [0.717, 1.165) is 31.7 Å². The summed E-state index contributed by atoms with van der Waals surface area (Å²) in [7, 11) is -1.57. The molecule has 0 saturated carbocycles. The summed E-state index contributed by atoms with van der Waals surface area (Å²) in [5.74, 6) is -0.245. The number of rotatable bonds is 5. The van der Waals surface area contributed by atoms with Crippen LogP contribution in [0.4, 0.5) is 5.69 Å². The molecule has 8 heteroatoms. The second-order valence-electron chi connectivity index (χ2n) is 6.88. The zero-order valence-electron chi connectivity index (χ0n) is 15.5. The first kappa shape index (κ1) is 19.3. The van der Waals surface area contributed by atoms with Crippen LogP contribution in [0.3, 0.4) is 0 Å². The number of anilines is 1. The average molecular weight is 390 g/mol. The minimum absolute atomic E-state index is 0.183. The number of benzene rings is 2. The molecule has 2 aromatic rings. The third kappa shape index (κ3) is 5.06. The molecule has 1 heterocycles. The van der Waals surface area contributed by atoms with E-state index in [0.29, 0.717) is 11.3 Å². The van der Waals surface area contributed by atoms with Gasteiger partial charge < -0.3 is 4.90 Å². The van der Waals surface area contributed by atoms with Crippen LogP contribution < -0.4 is 15.0 Å². The summed E-state index contributed by atoms with van der Waals surface area (Å²) >= 11 is 0. The van der Waals surface area contributed by atoms with Crippen molar-refractivity contribution in [3.63, 3.8) is 0 Å². The average Bonchev–Trinajstić information content (AvgIpc) is 2.64. The summed E-state index contributed by atoms with van der Waals surface area (Å²) in [6, 6.07) is 13.1. The van der Waals surface area contributed by atoms with E-state index >= 15 is 0 Å². The Morgan fingerprint density at radius 3 is 2.41 bits per heavy atom. The molecule has 144 valence electrons. The zero-order chi connectivity index (χ0) is 19.4. The maximum absolute atomic E-state index is 12.5. The lowest BCUT2D eigenvalue weighted by molar-refractivity contribution is -0.884. The smallest absolute Gasteiger partial charge is 0.265 e. The summed E-state index contributed by atoms with van der Waals surface area (Å²) in [6.45, 7) is 5.41. The fourth-order valence-corrected chi connectivity index (χ4v) is 3.91. The Morgan fingerprint density at radius 2 is 1.74 bits per heavy atom. The third-order valence-corrected chi connectivity index (χ3v) is 5.98. The molecule has 0 unspecified atom stereocenters. The van der Waals surface area contributed by atoms with Gasteiger partial charge in [0.25, 0.3) is 15.9 Å². The molecule has 3 N–H and O–H groups in total. The quantitative estimate of drug-likeness (QED) is 0.686. The van der Waals surface area contributed by atoms with E-state index in [1.54, 1.807) is 48.5 Å². The molecule has 0 aliphatic carbocycles. The molecule has 2 aromatic carbocycles. The second-order valence-corrected chi connectivity index (χ2v) is 8.57. The normalized spacial score (nSPS) is 16.1. The lowest BCUT2D eigenvalue weighted by atomic mass is 10.2. The summed E-state index contributed by atoms with van der Waals surface area (Å²) in [6.07, 6.45) is 0. The van der Waals surface area contributed by atoms with E-state index in [2.05, 4.69) is 17.2 Å². The van der Waals surface area contributed by atoms with Crippen LogP contribution in [0.25, 0.3) is 0 Å². The Kier molecular flexibility index (Phi) is 5.79. The van der Waals surface area contributed by atoms with Crippen LogP contribution in [0, 0.1) is 6.92 Å². The van der Waals surface area contributed by atoms with Crippen molar-refractivity contribution in [2.75, 3.05) is 37.9 Å². The number of hydrogen-bond acceptors (Lipinski definition) is 4. The van der Waals surface area contributed by atoms with E-state index in [9.17, 15) is 13.2 Å². The highest BCUT2D eigenvalue weighted by Gasteiger charge is 2.19. The highest BCUT2D eigenvalue weighted by Crippen LogP contribution is 2.18. The number of carbonyl (C=O) groups is 1. The van der Waals surface area contributed by atoms with Gasteiger partial charge in [-0.15, -0.1) is 0 Å². The number of hydrogen-bond donors (Lipinski definition) is 3. The van der Waals surface area contributed by atoms with Crippen molar-refractivity contribution in [1.29, 1.82) is 0 Å². The fourth-order valence-electron chi connectivity index (χ4n) is 2.86. The van der Waals surface area contributed by atoms with E-state index < -0.39 is 10.0 Å². The monoisotopic (exact) mass is 389 g/mol. The second kappa shape index (κ2) is 8.08. The predicted molar refractivity (Wildman–Crippen MR) is 104 cm³/mol. The van der Waals surface area contributed by atoms with Crippen molar-refractivity contribution in [1.82, 2.24) is 10.4 Å². The fraction of sp³-hybridized carbons (Fsp3) is 0.316. The molecule has 27 heavy (non-hydrogen) atoms. The molecule has 0 radical (unpaired) electrons. The van der Waals surface area contributed by atoms with Crippen LogP contribution in [0.15, 0.2) is 53.4 Å². The minimum atomic E-state index is -3.70. The standard InChI is InChI=1S/C19H24N4O3S/c1-15-6-8-18(9-7-15)27(25,26)21-17-5-3-4-16(14-17)19(24)20-23-12-10-22(2)11-13-23/h3-9,14,21H,10-13H2,1-2H3,(H,20,24)/p+1. The van der Waals surface area contributed by atoms with Gasteiger partial charge in [-0.3, -0.25) is 14.9 Å². The summed E-state index contributed by atoms with van der Waals surface area (Å²) < 4.78 is 27.6. The number of nitrogens with zero attached hydrogens (tertiary/aromatic N) is 1. The van der Waals surface area contributed by atoms with Crippen molar-refractivity contribution in [3.8, 4) is 0 Å². The maximum Gasteiger partial charge on any atom is 0.265 e. The van der Waals surface area contributed by atoms with Crippen LogP contribution in [0.5, 0.6) is 0 Å². The van der Waals surface area contributed by atoms with E-state index in [-0.39, 0.29) is 10.8 Å². The maximum atomic E-state index is 12.5. The first-order chi connectivity index (χ1) is 12.8. The Bertz CT molecular complexity index is 905. The van der Waals surface area contributed by atoms with Crippen LogP contribution in [-0.4, -0.2) is 52.6 Å². The van der Waals surface area contributed by atoms with E-state index in [4.69, 9.17) is 0 Å². The Balaban J connectivity index is 1.69. The summed E-state index contributed by atoms with van der Waals surface area (Å²) in [5.41, 5.74) is 4.63. The van der Waals surface area contributed by atoms with Gasteiger partial charge in [-0.25, -0.2) is 13.4 Å². The largest absolute Gasteiger partial charge is 0.335 e. The summed E-state index contributed by atoms with van der Waals surface area (Å²) in [4.78, 5) is 14.1. The van der Waals surface area contributed by atoms with Gasteiger partial charge in [0.05, 0.1) is 38.1 Å². The van der Waals surface area contributed by atoms with Crippen LogP contribution >= 0.6 is 0 Å². The Hall–Kier alpha value is -2.42. The number of sulfonamides is 1. The van der Waals surface area contributed by atoms with Gasteiger partial charge in [0.15, 0.2) is 0 Å². The van der Waals surface area contributed by atoms with Crippen molar-refractivity contribution in [2.24, 2.45) is 0 Å². The van der Waals surface area contributed by atoms with Gasteiger partial charge in [-0.2, -0.15) is 0 Å². The molecule has 1 aliphatic heterocycles. The van der Waals surface area contributed by atoms with Gasteiger partial charge in [0.1, 0.15) is 0 Å². The lowest BCUT2D eigenvalue weighted by Crippen LogP contribution is -3.12. The SMILES string of the molecule is Cc1ccc(S(=O)(=O)Nc2cccc(C(=O)NN3CC[NH+](C)CC3)c2)cc1. The number of likely N-dealkylation sites (N-methyl/N-ethyl adjacent to an activating group) is 1. The van der Waals surface area contributed by atoms with Crippen molar-refractivity contribution >= 4 is 21.6 Å². The highest BCUT2D eigenvalue weighted by molar-refractivity contribution is 7.92. The number of carbonyl (C=O) groups excluding carboxylic acids is 1. The highest BCUT2D eigenvalue weighted by atomic mass is 32.2. The van der Waals surface area contributed by atoms with Crippen LogP contribution in [0.2, 0.25) is 0 Å². The number of hydrazine groups is 1. The van der Waals surface area contributed by atoms with E-state index in [1.807, 2.05) is 11.9 Å². The molecule has 1 saturated heterocycles. The molecule has 1 fully saturated rings. The molecule has 0 aromatic heterocycles. The number of nitrogens with one attached hydrogen (secondary N) is 3. The number of quaternary nitrogens is 1. The van der Waals surface area contributed by atoms with Gasteiger partial charge in [-0.1, -0.05) is 23.8 Å². The number of piperazine rings is 1. The van der Waals surface area contributed by atoms with Gasteiger partial charge in [-0.05, 0) is 37.3 Å². The topological polar surface area (TPSA) is 82.9 Å². The van der Waals surface area contributed by atoms with Gasteiger partial charge in [0, 0.05) is 11.3 Å². The summed E-state index contributed by atoms with van der Waals surface area (Å²) in [5, 5.41) is 1.90. The molecule has 3 rings (SSSR count). The molecular formula is C19H25N4O3S+. The predicted octanol–water partition coefficient (Wildman–Crippen LogP) is 0.271. The van der Waals surface area contributed by atoms with Gasteiger partial charge in [0.2, 0.25) is 0 Å². The molecule has 1 aliphatic rings. The van der Waals surface area contributed by atoms with Gasteiger partial charge >= 0.3 is 0 Å². The van der Waals surface area contributed by atoms with E-state index in [1.165, 1.54) is 4.90 Å². The van der Waals surface area contributed by atoms with Crippen molar-refractivity contribution in [2.45, 2.75) is 11.8 Å². The number of aryl methyl sites for hydroxylation is 1. The molecule has 0 atom stereocenters. The molecule has 7 nitrogen and oxygen atoms in total. The van der Waals surface area contributed by atoms with Crippen molar-refractivity contribution in [3.05, 3.63) is 59.7 Å². The molecule has 0 spiro atoms. The van der Waals surface area contributed by atoms with Crippen molar-refractivity contribution < 1.29 is 18.1 Å². The first-order valence-corrected chi connectivity index (χ1v) is 10.4. The zero-order valence-corrected chi connectivity index (χ0v) is 16.3. The number of amides is 1. The van der Waals surface area contributed by atoms with Crippen LogP contribution in [0.1, 0.15) is 15.9 Å². The minimum Gasteiger partial charge on any atom is -0.335 e. The lowest BCUT2D eigenvalue weighted by Gasteiger charge is -2.30. The first-order valence-electron chi connectivity index (χ1n) is 8.90. The molecular weight excluding hydrogens is 364 g/mol. The third-order valence-electron chi connectivity index (χ3n) is 4.58. The Morgan fingerprint density at radius 1 is 1.07 bits per heavy atom. The van der Waals surface area contributed by atoms with Crippen LogP contribution in [-0.2, 0) is 10.0 Å². The molecule has 0 bridgehead atoms.